The Balaban J connectivity index is 1.72. The molecule has 0 unspecified atom stereocenters. The van der Waals surface area contributed by atoms with Gasteiger partial charge in [-0.05, 0) is 17.7 Å². The number of fused-ring (bicyclic) bond motifs is 1. The van der Waals surface area contributed by atoms with E-state index < -0.39 is 30.7 Å². The number of hydrogen-bond acceptors (Lipinski definition) is 9. The maximum atomic E-state index is 12.8. The third-order valence-electron chi connectivity index (χ3n) is 4.91. The van der Waals surface area contributed by atoms with Gasteiger partial charge in [-0.15, -0.1) is 0 Å². The summed E-state index contributed by atoms with van der Waals surface area (Å²) in [6, 6.07) is 13.3. The molecule has 3 aromatic carbocycles. The van der Waals surface area contributed by atoms with E-state index in [1.54, 1.807) is 6.07 Å². The van der Waals surface area contributed by atoms with Gasteiger partial charge in [-0.25, -0.2) is 4.79 Å². The fourth-order valence-electron chi connectivity index (χ4n) is 3.30. The molecule has 0 aliphatic rings. The molecule has 190 valence electrons. The first-order chi connectivity index (χ1) is 17.4. The number of alkyl halides is 3. The van der Waals surface area contributed by atoms with Crippen LogP contribution in [0.5, 0.6) is 5.75 Å². The standard InChI is InChI=1S/C22H12Cl3N3O8S/c23-22(24,25)20(26-19(29)12-4-2-6-14(8-12)28(33)34)35-15-9-16(18-17(10-15)37-21(30)36-18)11-3-1-5-13(7-11)27(31)32/h1-10,20H,(H,26,29)/t20-/m0/s1. The Labute approximate surface area is 225 Å². The van der Waals surface area contributed by atoms with E-state index in [-0.39, 0.29) is 33.8 Å². The number of nitrogens with one attached hydrogen (secondary N) is 1. The monoisotopic (exact) mass is 583 g/mol. The van der Waals surface area contributed by atoms with Crippen LogP contribution in [0.1, 0.15) is 10.4 Å². The lowest BCUT2D eigenvalue weighted by molar-refractivity contribution is -0.385. The van der Waals surface area contributed by atoms with Gasteiger partial charge in [-0.2, -0.15) is 0 Å². The molecule has 0 saturated carbocycles. The van der Waals surface area contributed by atoms with Crippen LogP contribution in [0.3, 0.4) is 0 Å². The summed E-state index contributed by atoms with van der Waals surface area (Å²) in [6.07, 6.45) is -1.59. The minimum Gasteiger partial charge on any atom is -0.466 e. The molecule has 15 heteroatoms. The Kier molecular flexibility index (Phi) is 7.37. The van der Waals surface area contributed by atoms with Crippen LogP contribution in [0, 0.1) is 20.2 Å². The van der Waals surface area contributed by atoms with Gasteiger partial charge in [0.05, 0.1) is 14.5 Å². The van der Waals surface area contributed by atoms with Crippen LogP contribution in [0.4, 0.5) is 11.4 Å². The van der Waals surface area contributed by atoms with E-state index in [1.807, 2.05) is 0 Å². The van der Waals surface area contributed by atoms with Crippen molar-refractivity contribution in [1.29, 1.82) is 0 Å². The maximum absolute atomic E-state index is 12.8. The van der Waals surface area contributed by atoms with Crippen LogP contribution in [0.15, 0.2) is 69.9 Å². The van der Waals surface area contributed by atoms with E-state index in [9.17, 15) is 29.8 Å². The van der Waals surface area contributed by atoms with Crippen molar-refractivity contribution in [3.8, 4) is 16.9 Å². The Bertz CT molecular complexity index is 1600. The maximum Gasteiger partial charge on any atom is 0.396 e. The second-order valence-corrected chi connectivity index (χ2v) is 10.7. The number of halogens is 3. The van der Waals surface area contributed by atoms with Crippen LogP contribution >= 0.6 is 46.1 Å². The summed E-state index contributed by atoms with van der Waals surface area (Å²) in [5.74, 6) is -0.797. The van der Waals surface area contributed by atoms with Gasteiger partial charge in [0.2, 0.25) is 10.0 Å². The zero-order valence-electron chi connectivity index (χ0n) is 18.1. The number of benzene rings is 3. The normalized spacial score (nSPS) is 12.2. The Morgan fingerprint density at radius 3 is 2.30 bits per heavy atom. The van der Waals surface area contributed by atoms with Crippen LogP contribution in [0.2, 0.25) is 0 Å². The quantitative estimate of drug-likeness (QED) is 0.123. The van der Waals surface area contributed by atoms with E-state index >= 15 is 0 Å². The number of hydrogen-bond donors (Lipinski definition) is 1. The highest BCUT2D eigenvalue weighted by Crippen LogP contribution is 2.38. The van der Waals surface area contributed by atoms with Crippen molar-refractivity contribution in [3.63, 3.8) is 0 Å². The van der Waals surface area contributed by atoms with Gasteiger partial charge >= 0.3 is 4.94 Å². The van der Waals surface area contributed by atoms with Crippen molar-refractivity contribution in [2.45, 2.75) is 10.0 Å². The zero-order valence-corrected chi connectivity index (χ0v) is 21.1. The molecule has 0 radical (unpaired) electrons. The predicted molar refractivity (Wildman–Crippen MR) is 138 cm³/mol. The summed E-state index contributed by atoms with van der Waals surface area (Å²) < 4.78 is 9.16. The van der Waals surface area contributed by atoms with Crippen LogP contribution in [-0.4, -0.2) is 25.8 Å². The van der Waals surface area contributed by atoms with Gasteiger partial charge in [0, 0.05) is 41.5 Å². The van der Waals surface area contributed by atoms with Gasteiger partial charge in [0.15, 0.2) is 5.58 Å². The average Bonchev–Trinajstić information content (AvgIpc) is 3.22. The van der Waals surface area contributed by atoms with Crippen molar-refractivity contribution in [1.82, 2.24) is 5.32 Å². The van der Waals surface area contributed by atoms with E-state index in [0.29, 0.717) is 10.3 Å². The van der Waals surface area contributed by atoms with Crippen LogP contribution < -0.4 is 15.0 Å². The number of nitro groups is 2. The van der Waals surface area contributed by atoms with Crippen LogP contribution in [0.25, 0.3) is 21.4 Å². The number of nitro benzene ring substituents is 2. The third-order valence-corrected chi connectivity index (χ3v) is 6.28. The van der Waals surface area contributed by atoms with E-state index in [1.165, 1.54) is 48.5 Å². The molecule has 1 heterocycles. The Hall–Kier alpha value is -3.71. The van der Waals surface area contributed by atoms with Gasteiger partial charge in [0.25, 0.3) is 17.3 Å². The molecule has 0 fully saturated rings. The van der Waals surface area contributed by atoms with Crippen molar-refractivity contribution in [2.24, 2.45) is 0 Å². The fourth-order valence-corrected chi connectivity index (χ4v) is 4.32. The molecule has 37 heavy (non-hydrogen) atoms. The lowest BCUT2D eigenvalue weighted by Gasteiger charge is -2.26. The summed E-state index contributed by atoms with van der Waals surface area (Å²) in [5, 5.41) is 24.6. The second-order valence-electron chi connectivity index (χ2n) is 7.38. The van der Waals surface area contributed by atoms with Gasteiger partial charge in [-0.3, -0.25) is 25.0 Å². The zero-order chi connectivity index (χ0) is 26.9. The number of nitrogens with zero attached hydrogens (tertiary/aromatic N) is 2. The smallest absolute Gasteiger partial charge is 0.396 e. The van der Waals surface area contributed by atoms with Crippen molar-refractivity contribution >= 4 is 73.7 Å². The van der Waals surface area contributed by atoms with E-state index in [2.05, 4.69) is 5.32 Å². The van der Waals surface area contributed by atoms with E-state index in [0.717, 1.165) is 17.4 Å². The SMILES string of the molecule is O=C(N[C@@H](Oc1cc(-c2cccc([N+](=O)[O-])c2)c2oc(=O)sc2c1)C(Cl)(Cl)Cl)c1cccc([N+](=O)[O-])c1. The minimum atomic E-state index is -2.21. The molecule has 1 N–H and O–H groups in total. The lowest BCUT2D eigenvalue weighted by atomic mass is 10.0. The highest BCUT2D eigenvalue weighted by Gasteiger charge is 2.37. The largest absolute Gasteiger partial charge is 0.466 e. The summed E-state index contributed by atoms with van der Waals surface area (Å²) in [6.45, 7) is 0. The summed E-state index contributed by atoms with van der Waals surface area (Å²) in [4.78, 5) is 45.1. The molecule has 1 atom stereocenters. The predicted octanol–water partition coefficient (Wildman–Crippen LogP) is 5.84. The Morgan fingerprint density at radius 1 is 1.00 bits per heavy atom. The summed E-state index contributed by atoms with van der Waals surface area (Å²) in [5.41, 5.74) is 0.186. The first kappa shape index (κ1) is 26.4. The first-order valence-corrected chi connectivity index (χ1v) is 12.0. The number of non-ortho nitro benzene ring substituents is 2. The molecule has 1 aromatic heterocycles. The average molecular weight is 585 g/mol. The van der Waals surface area contributed by atoms with E-state index in [4.69, 9.17) is 44.0 Å². The second kappa shape index (κ2) is 10.3. The summed E-state index contributed by atoms with van der Waals surface area (Å²) >= 11 is 18.9. The highest BCUT2D eigenvalue weighted by atomic mass is 35.6. The Morgan fingerprint density at radius 2 is 1.65 bits per heavy atom. The molecule has 4 rings (SSSR count). The number of ether oxygens (including phenoxy) is 1. The minimum absolute atomic E-state index is 0.0294. The molecular formula is C22H12Cl3N3O8S. The molecule has 0 aliphatic carbocycles. The molecule has 11 nitrogen and oxygen atoms in total. The lowest BCUT2D eigenvalue weighted by Crippen LogP contribution is -2.47. The van der Waals surface area contributed by atoms with Gasteiger partial charge in [0.1, 0.15) is 5.75 Å². The van der Waals surface area contributed by atoms with Crippen LogP contribution in [-0.2, 0) is 0 Å². The molecular weight excluding hydrogens is 573 g/mol. The molecule has 4 aromatic rings. The number of amides is 1. The number of carbonyl (C=O) groups excluding carboxylic acids is 1. The molecule has 0 saturated heterocycles. The topological polar surface area (TPSA) is 155 Å². The molecule has 0 aliphatic heterocycles. The molecule has 0 bridgehead atoms. The van der Waals surface area contributed by atoms with Crippen molar-refractivity contribution < 1.29 is 23.8 Å². The third kappa shape index (κ3) is 6.00. The fraction of sp³-hybridized carbons (Fsp3) is 0.0909. The highest BCUT2D eigenvalue weighted by molar-refractivity contribution is 7.16. The van der Waals surface area contributed by atoms with Gasteiger partial charge in [-0.1, -0.05) is 64.3 Å². The molecule has 0 spiro atoms. The first-order valence-electron chi connectivity index (χ1n) is 10.0. The van der Waals surface area contributed by atoms with Crippen molar-refractivity contribution in [2.75, 3.05) is 0 Å². The number of carbonyl (C=O) groups is 1. The molecule has 1 amide bonds. The number of rotatable bonds is 7. The van der Waals surface area contributed by atoms with Crippen molar-refractivity contribution in [3.05, 3.63) is 96.2 Å². The summed E-state index contributed by atoms with van der Waals surface area (Å²) in [7, 11) is 0. The van der Waals surface area contributed by atoms with Gasteiger partial charge < -0.3 is 14.5 Å².